The highest BCUT2D eigenvalue weighted by Gasteiger charge is 2.52. The van der Waals surface area contributed by atoms with Crippen molar-refractivity contribution in [3.05, 3.63) is 132 Å². The summed E-state index contributed by atoms with van der Waals surface area (Å²) in [4.78, 5) is 60.8. The van der Waals surface area contributed by atoms with Gasteiger partial charge in [-0.3, -0.25) is 0 Å². The van der Waals surface area contributed by atoms with E-state index in [1.807, 2.05) is 99.8 Å². The zero-order valence-electron chi connectivity index (χ0n) is 63.4. The number of aromatic nitrogens is 14. The number of nitrogens with one attached hydrogen (secondary N) is 1. The van der Waals surface area contributed by atoms with Gasteiger partial charge in [0, 0.05) is 33.8 Å². The third kappa shape index (κ3) is 16.9. The maximum absolute atomic E-state index is 15.5. The summed E-state index contributed by atoms with van der Waals surface area (Å²) in [7, 11) is 6.11. The summed E-state index contributed by atoms with van der Waals surface area (Å²) in [6.45, 7) is 15.8. The molecule has 4 aliphatic rings. The predicted molar refractivity (Wildman–Crippen MR) is 432 cm³/mol. The van der Waals surface area contributed by atoms with Crippen molar-refractivity contribution in [2.24, 2.45) is 0 Å². The minimum atomic E-state index is -0.608. The number of nitrogen functional groups attached to an aromatic ring is 3. The quantitative estimate of drug-likeness (QED) is 0.0593. The van der Waals surface area contributed by atoms with Crippen molar-refractivity contribution in [2.75, 3.05) is 50.7 Å². The number of rotatable bonds is 11. The van der Waals surface area contributed by atoms with E-state index in [2.05, 4.69) is 101 Å². The Balaban J connectivity index is 0.000000135. The lowest BCUT2D eigenvalue weighted by molar-refractivity contribution is 0.00578. The number of ether oxygens (including phenoxy) is 2. The number of aryl methyl sites for hydroxylation is 4. The van der Waals surface area contributed by atoms with Crippen molar-refractivity contribution in [3.63, 3.8) is 0 Å². The number of amides is 2. The highest BCUT2D eigenvalue weighted by Crippen LogP contribution is 2.41. The molecule has 3 aliphatic carbocycles. The number of benzene rings is 4. The molecule has 4 fully saturated rings. The van der Waals surface area contributed by atoms with Crippen LogP contribution in [0.3, 0.4) is 0 Å². The van der Waals surface area contributed by atoms with Crippen LogP contribution in [0.4, 0.5) is 47.5 Å². The lowest BCUT2D eigenvalue weighted by atomic mass is 9.79. The highest BCUT2D eigenvalue weighted by molar-refractivity contribution is 14.1. The maximum Gasteiger partial charge on any atom is 0.494 e. The van der Waals surface area contributed by atoms with E-state index >= 15 is 4.39 Å². The van der Waals surface area contributed by atoms with Gasteiger partial charge in [0.2, 0.25) is 0 Å². The summed E-state index contributed by atoms with van der Waals surface area (Å²) in [6.07, 6.45) is 13.5. The number of halogens is 4. The average molecular weight is 1730 g/mol. The van der Waals surface area contributed by atoms with Gasteiger partial charge in [0.05, 0.1) is 63.7 Å². The molecule has 1 aliphatic heterocycles. The normalized spacial score (nSPS) is 19.5. The zero-order chi connectivity index (χ0) is 78.4. The molecule has 9 heterocycles. The van der Waals surface area contributed by atoms with Gasteiger partial charge in [0.1, 0.15) is 84.4 Å². The van der Waals surface area contributed by atoms with Crippen LogP contribution in [0, 0.1) is 46.7 Å². The van der Waals surface area contributed by atoms with E-state index in [-0.39, 0.29) is 72.3 Å². The molecule has 0 spiro atoms. The van der Waals surface area contributed by atoms with Crippen molar-refractivity contribution in [1.82, 2.24) is 79.0 Å². The average Bonchev–Trinajstić information content (AvgIpc) is 1.64. The number of fused-ring (bicyclic) bond motifs is 5. The summed E-state index contributed by atoms with van der Waals surface area (Å²) in [5.41, 5.74) is 28.9. The zero-order valence-corrected chi connectivity index (χ0v) is 67.7. The van der Waals surface area contributed by atoms with Crippen LogP contribution in [-0.4, -0.2) is 161 Å². The van der Waals surface area contributed by atoms with Crippen LogP contribution in [0.5, 0.6) is 0 Å². The van der Waals surface area contributed by atoms with Crippen LogP contribution in [0.2, 0.25) is 0 Å². The fourth-order valence-electron chi connectivity index (χ4n) is 14.3. The first kappa shape index (κ1) is 78.6. The SMILES string of the molecule is CN(C)C(=O)OC1CCC(n2nc(I)c3c(N)ncnc32)CC1.Cc1cc(C)c2oc(Cc3ccc(-c4nn(C5CCC(OC(=O)N(C)C)CC5)c5ncnc(N)c45)cc3F)nc2c1.Cc1cc(C)c2oc(Nc3ccc(B4OC(C)(C)C(C)(C)O4)cc3F)nc2c1.Nc1ncnc2c1c(I)nn2C1CCC(O)CC1. The Kier molecular flexibility index (Phi) is 23.2. The van der Waals surface area contributed by atoms with Gasteiger partial charge < -0.3 is 65.0 Å². The summed E-state index contributed by atoms with van der Waals surface area (Å²) in [6, 6.07) is 18.7. The molecule has 4 aromatic carbocycles. The van der Waals surface area contributed by atoms with E-state index in [0.29, 0.717) is 75.3 Å². The van der Waals surface area contributed by atoms with Gasteiger partial charge >= 0.3 is 19.3 Å². The van der Waals surface area contributed by atoms with Crippen LogP contribution in [-0.2, 0) is 25.2 Å². The molecule has 0 radical (unpaired) electrons. The predicted octanol–water partition coefficient (Wildman–Crippen LogP) is 14.1. The molecule has 578 valence electrons. The number of hydrogen-bond donors (Lipinski definition) is 5. The molecule has 29 nitrogen and oxygen atoms in total. The molecule has 0 unspecified atom stereocenters. The highest BCUT2D eigenvalue weighted by atomic mass is 127. The second-order valence-corrected chi connectivity index (χ2v) is 32.0. The first-order valence-corrected chi connectivity index (χ1v) is 38.7. The molecule has 3 saturated carbocycles. The van der Waals surface area contributed by atoms with Crippen molar-refractivity contribution in [2.45, 2.75) is 187 Å². The van der Waals surface area contributed by atoms with E-state index in [9.17, 15) is 19.1 Å². The van der Waals surface area contributed by atoms with E-state index in [0.717, 1.165) is 133 Å². The molecule has 1 saturated heterocycles. The van der Waals surface area contributed by atoms with Crippen molar-refractivity contribution in [3.8, 4) is 11.3 Å². The summed E-state index contributed by atoms with van der Waals surface area (Å²) in [5, 5.41) is 28.7. The van der Waals surface area contributed by atoms with E-state index < -0.39 is 24.1 Å². The Morgan fingerprint density at radius 1 is 0.582 bits per heavy atom. The van der Waals surface area contributed by atoms with E-state index in [4.69, 9.17) is 49.9 Å². The molecule has 110 heavy (non-hydrogen) atoms. The Hall–Kier alpha value is -9.53. The summed E-state index contributed by atoms with van der Waals surface area (Å²) in [5.74, 6) is 0.859. The van der Waals surface area contributed by atoms with Crippen LogP contribution in [0.15, 0.2) is 88.5 Å². The Morgan fingerprint density at radius 2 is 1.04 bits per heavy atom. The molecule has 0 bridgehead atoms. The molecular weight excluding hydrogens is 1640 g/mol. The minimum Gasteiger partial charge on any atom is -0.446 e. The largest absolute Gasteiger partial charge is 0.494 e. The van der Waals surface area contributed by atoms with Gasteiger partial charge in [-0.15, -0.1) is 0 Å². The number of carbonyl (C=O) groups excluding carboxylic acids is 2. The molecule has 0 atom stereocenters. The number of oxazole rings is 2. The first-order valence-electron chi connectivity index (χ1n) is 36.5. The monoisotopic (exact) mass is 1730 g/mol. The number of hydrogen-bond acceptors (Lipinski definition) is 24. The molecule has 8 N–H and O–H groups in total. The third-order valence-electron chi connectivity index (χ3n) is 20.8. The number of aliphatic hydroxyl groups excluding tert-OH is 1. The molecule has 2 amide bonds. The van der Waals surface area contributed by atoms with Gasteiger partial charge in [-0.25, -0.2) is 67.3 Å². The third-order valence-corrected chi connectivity index (χ3v) is 22.3. The number of aliphatic hydroxyl groups is 1. The number of nitrogens with zero attached hydrogens (tertiary/aromatic N) is 16. The molecule has 12 aromatic rings. The van der Waals surface area contributed by atoms with Crippen molar-refractivity contribution >= 4 is 154 Å². The van der Waals surface area contributed by atoms with Crippen LogP contribution >= 0.6 is 45.2 Å². The van der Waals surface area contributed by atoms with Gasteiger partial charge in [-0.05, 0) is 241 Å². The Morgan fingerprint density at radius 3 is 1.52 bits per heavy atom. The number of carbonyl (C=O) groups is 2. The Bertz CT molecular complexity index is 5380. The Labute approximate surface area is 661 Å². The van der Waals surface area contributed by atoms with E-state index in [1.165, 1.54) is 40.9 Å². The fourth-order valence-corrected chi connectivity index (χ4v) is 15.8. The number of nitrogens with two attached hydrogens (primary N) is 3. The number of anilines is 5. The van der Waals surface area contributed by atoms with Crippen LogP contribution in [0.1, 0.15) is 157 Å². The first-order chi connectivity index (χ1) is 52.4. The second kappa shape index (κ2) is 32.4. The molecule has 8 aromatic heterocycles. The van der Waals surface area contributed by atoms with Gasteiger partial charge in [-0.1, -0.05) is 30.3 Å². The lowest BCUT2D eigenvalue weighted by Gasteiger charge is -2.32. The van der Waals surface area contributed by atoms with Gasteiger partial charge in [0.15, 0.2) is 34.0 Å². The summed E-state index contributed by atoms with van der Waals surface area (Å²) >= 11 is 4.32. The lowest BCUT2D eigenvalue weighted by Crippen LogP contribution is -2.41. The van der Waals surface area contributed by atoms with Gasteiger partial charge in [-0.2, -0.15) is 20.3 Å². The fraction of sp³-hybridized carbons (Fsp3) is 0.434. The van der Waals surface area contributed by atoms with E-state index in [1.54, 1.807) is 46.4 Å². The van der Waals surface area contributed by atoms with Crippen molar-refractivity contribution < 1.29 is 51.1 Å². The smallest absolute Gasteiger partial charge is 0.446 e. The second-order valence-electron chi connectivity index (χ2n) is 29.9. The molecule has 16 rings (SSSR count). The standard InChI is InChI=1S/C30H32FN7O3.C21H24BFN2O3.C14H19IN6O2.C11H14IN5O/c1-16-11-17(2)27-23(12-16)35-24(41-27)14-18-5-6-19(13-22(18)31)26-25-28(32)33-15-34-29(25)38(36-26)20-7-9-21(10-8-20)40-30(39)37(3)4;1-12-9-13(2)18-17(10-12)25-19(26-18)24-16-8-7-14(11-15(16)23)22-27-20(3,4)21(5,6)28-22;1-20(2)14(22)23-9-5-3-8(4-6-9)21-13-10(11(15)19-21)12(16)17-7-18-13;12-9-8-10(13)14-5-15-11(8)17(16-9)6-1-3-7(18)4-2-6/h5-6,11-13,15,20-21H,7-10,14H2,1-4H3,(H2,32,33,34);7-11H,1-6H3,(H,24,25);7-9H,3-6H2,1-2H3,(H2,16,17,18);5-7,18H,1-4H2,(H2,13,14,15). The van der Waals surface area contributed by atoms with Crippen LogP contribution in [0.25, 0.3) is 66.6 Å². The molecular formula is C76H89BF2I2N20O9. The topological polar surface area (TPSA) is 371 Å². The van der Waals surface area contributed by atoms with Crippen LogP contribution < -0.4 is 28.0 Å². The maximum atomic E-state index is 15.5. The molecule has 34 heteroatoms. The van der Waals surface area contributed by atoms with Gasteiger partial charge in [0.25, 0.3) is 6.01 Å². The minimum absolute atomic E-state index is 0.0262. The summed E-state index contributed by atoms with van der Waals surface area (Å²) < 4.78 is 72.3. The van der Waals surface area contributed by atoms with Crippen molar-refractivity contribution in [1.29, 1.82) is 0 Å².